The van der Waals surface area contributed by atoms with E-state index >= 15 is 0 Å². The molecule has 190 valence electrons. The molecular formula is C25H17F5N4O3. The Balaban J connectivity index is 1.54. The van der Waals surface area contributed by atoms with E-state index < -0.39 is 42.1 Å². The van der Waals surface area contributed by atoms with E-state index in [1.54, 1.807) is 18.2 Å². The van der Waals surface area contributed by atoms with Crippen LogP contribution in [0.15, 0.2) is 71.3 Å². The van der Waals surface area contributed by atoms with Gasteiger partial charge in [0.1, 0.15) is 6.10 Å². The number of pyridine rings is 1. The molecule has 2 atom stereocenters. The molecule has 0 bridgehead atoms. The van der Waals surface area contributed by atoms with Crippen LogP contribution in [-0.2, 0) is 12.7 Å². The van der Waals surface area contributed by atoms with Crippen LogP contribution in [0.25, 0.3) is 11.5 Å². The van der Waals surface area contributed by atoms with Crippen LogP contribution in [0, 0.1) is 0 Å². The summed E-state index contributed by atoms with van der Waals surface area (Å²) in [7, 11) is 0. The molecule has 1 amide bonds. The summed E-state index contributed by atoms with van der Waals surface area (Å²) in [4.78, 5) is 18.9. The quantitative estimate of drug-likeness (QED) is 0.340. The standard InChI is InChI=1S/C25H17F5N4O3/c26-21(27)23-33-32-22(37-23)14-7-8-15-12-34(24(36)17(15)11-14)19(20(35)18-6-1-2-9-31-18)13-4-3-5-16(10-13)25(28,29)30/h1-11,19-21,35H,12H2. The van der Waals surface area contributed by atoms with Crippen molar-refractivity contribution in [2.24, 2.45) is 0 Å². The third-order valence-corrected chi connectivity index (χ3v) is 6.00. The maximum Gasteiger partial charge on any atom is 0.416 e. The summed E-state index contributed by atoms with van der Waals surface area (Å²) in [5.41, 5.74) is 0.203. The van der Waals surface area contributed by atoms with Crippen molar-refractivity contribution in [1.29, 1.82) is 0 Å². The normalized spacial score (nSPS) is 15.2. The second-order valence-corrected chi connectivity index (χ2v) is 8.32. The maximum absolute atomic E-state index is 13.5. The lowest BCUT2D eigenvalue weighted by molar-refractivity contribution is -0.137. The molecule has 0 saturated carbocycles. The van der Waals surface area contributed by atoms with Gasteiger partial charge in [-0.1, -0.05) is 24.3 Å². The molecule has 0 aliphatic carbocycles. The fourth-order valence-electron chi connectivity index (χ4n) is 4.26. The minimum atomic E-state index is -4.63. The molecule has 4 aromatic rings. The van der Waals surface area contributed by atoms with Crippen LogP contribution in [0.5, 0.6) is 0 Å². The number of fused-ring (bicyclic) bond motifs is 1. The highest BCUT2D eigenvalue weighted by molar-refractivity contribution is 5.99. The Bertz CT molecular complexity index is 1440. The van der Waals surface area contributed by atoms with Crippen molar-refractivity contribution in [2.75, 3.05) is 0 Å². The van der Waals surface area contributed by atoms with E-state index in [4.69, 9.17) is 4.42 Å². The average Bonchev–Trinajstić information content (AvgIpc) is 3.50. The largest absolute Gasteiger partial charge is 0.416 e. The molecule has 3 heterocycles. The molecule has 1 N–H and O–H groups in total. The Morgan fingerprint density at radius 3 is 2.49 bits per heavy atom. The molecule has 37 heavy (non-hydrogen) atoms. The van der Waals surface area contributed by atoms with Crippen LogP contribution in [0.3, 0.4) is 0 Å². The van der Waals surface area contributed by atoms with E-state index in [0.717, 1.165) is 12.1 Å². The van der Waals surface area contributed by atoms with Gasteiger partial charge >= 0.3 is 12.6 Å². The predicted octanol–water partition coefficient (Wildman–Crippen LogP) is 5.52. The topological polar surface area (TPSA) is 92.4 Å². The molecular weight excluding hydrogens is 499 g/mol. The minimum absolute atomic E-state index is 0.0225. The van der Waals surface area contributed by atoms with Gasteiger partial charge in [0.15, 0.2) is 0 Å². The number of halogens is 5. The Morgan fingerprint density at radius 2 is 1.81 bits per heavy atom. The Kier molecular flexibility index (Phi) is 6.20. The summed E-state index contributed by atoms with van der Waals surface area (Å²) >= 11 is 0. The molecule has 1 aliphatic rings. The van der Waals surface area contributed by atoms with E-state index in [2.05, 4.69) is 15.2 Å². The van der Waals surface area contributed by atoms with Crippen LogP contribution in [-0.4, -0.2) is 31.1 Å². The summed E-state index contributed by atoms with van der Waals surface area (Å²) < 4.78 is 71.0. The summed E-state index contributed by atoms with van der Waals surface area (Å²) in [6.45, 7) is -0.0225. The number of benzene rings is 2. The fourth-order valence-corrected chi connectivity index (χ4v) is 4.26. The number of aromatic nitrogens is 3. The van der Waals surface area contributed by atoms with Gasteiger partial charge < -0.3 is 14.4 Å². The van der Waals surface area contributed by atoms with Crippen molar-refractivity contribution < 1.29 is 36.3 Å². The molecule has 0 spiro atoms. The number of alkyl halides is 5. The lowest BCUT2D eigenvalue weighted by Crippen LogP contribution is -2.33. The van der Waals surface area contributed by atoms with Crippen molar-refractivity contribution in [3.05, 3.63) is 101 Å². The first-order valence-electron chi connectivity index (χ1n) is 11.0. The van der Waals surface area contributed by atoms with Crippen LogP contribution in [0.4, 0.5) is 22.0 Å². The second kappa shape index (κ2) is 9.36. The predicted molar refractivity (Wildman–Crippen MR) is 118 cm³/mol. The van der Waals surface area contributed by atoms with Crippen LogP contribution in [0.1, 0.15) is 57.2 Å². The van der Waals surface area contributed by atoms with Gasteiger partial charge in [0.05, 0.1) is 17.3 Å². The molecule has 5 rings (SSSR count). The minimum Gasteiger partial charge on any atom is -0.415 e. The van der Waals surface area contributed by atoms with Crippen LogP contribution < -0.4 is 0 Å². The molecule has 12 heteroatoms. The first-order valence-corrected chi connectivity index (χ1v) is 11.0. The molecule has 2 aromatic heterocycles. The number of amides is 1. The SMILES string of the molecule is O=C1c2cc(-c3nnc(C(F)F)o3)ccc2CN1C(c1cccc(C(F)(F)F)c1)C(O)c1ccccn1. The molecule has 7 nitrogen and oxygen atoms in total. The van der Waals surface area contributed by atoms with Gasteiger partial charge in [-0.2, -0.15) is 22.0 Å². The van der Waals surface area contributed by atoms with Crippen molar-refractivity contribution in [1.82, 2.24) is 20.1 Å². The van der Waals surface area contributed by atoms with Gasteiger partial charge in [0.2, 0.25) is 5.89 Å². The van der Waals surface area contributed by atoms with Crippen molar-refractivity contribution in [3.63, 3.8) is 0 Å². The van der Waals surface area contributed by atoms with Gasteiger partial charge in [0, 0.05) is 23.9 Å². The number of rotatable bonds is 6. The fraction of sp³-hybridized carbons (Fsp3) is 0.200. The highest BCUT2D eigenvalue weighted by atomic mass is 19.4. The highest BCUT2D eigenvalue weighted by Crippen LogP contribution is 2.41. The van der Waals surface area contributed by atoms with Gasteiger partial charge in [-0.05, 0) is 47.5 Å². The zero-order chi connectivity index (χ0) is 26.3. The van der Waals surface area contributed by atoms with Gasteiger partial charge in [-0.25, -0.2) is 0 Å². The lowest BCUT2D eigenvalue weighted by atomic mass is 9.95. The highest BCUT2D eigenvalue weighted by Gasteiger charge is 2.40. The molecule has 2 unspecified atom stereocenters. The van der Waals surface area contributed by atoms with E-state index in [1.165, 1.54) is 41.4 Å². The smallest absolute Gasteiger partial charge is 0.415 e. The summed E-state index contributed by atoms with van der Waals surface area (Å²) in [6, 6.07) is 12.4. The van der Waals surface area contributed by atoms with Gasteiger partial charge in [0.25, 0.3) is 11.8 Å². The van der Waals surface area contributed by atoms with Crippen LogP contribution >= 0.6 is 0 Å². The number of hydrogen-bond donors (Lipinski definition) is 1. The lowest BCUT2D eigenvalue weighted by Gasteiger charge is -2.32. The van der Waals surface area contributed by atoms with E-state index in [-0.39, 0.29) is 34.8 Å². The Hall–Kier alpha value is -4.19. The molecule has 0 saturated heterocycles. The first kappa shape index (κ1) is 24.5. The van der Waals surface area contributed by atoms with E-state index in [0.29, 0.717) is 5.56 Å². The zero-order valence-corrected chi connectivity index (χ0v) is 18.7. The van der Waals surface area contributed by atoms with E-state index in [1.807, 2.05) is 0 Å². The number of aliphatic hydroxyl groups excluding tert-OH is 1. The number of hydrogen-bond acceptors (Lipinski definition) is 6. The maximum atomic E-state index is 13.5. The average molecular weight is 516 g/mol. The number of nitrogens with zero attached hydrogens (tertiary/aromatic N) is 4. The number of carbonyl (C=O) groups is 1. The number of carbonyl (C=O) groups excluding carboxylic acids is 1. The molecule has 2 aromatic carbocycles. The third-order valence-electron chi connectivity index (χ3n) is 6.00. The van der Waals surface area contributed by atoms with Gasteiger partial charge in [-0.15, -0.1) is 10.2 Å². The summed E-state index contributed by atoms with van der Waals surface area (Å²) in [5, 5.41) is 18.1. The second-order valence-electron chi connectivity index (χ2n) is 8.32. The summed E-state index contributed by atoms with van der Waals surface area (Å²) in [6.07, 6.45) is -7.63. The van der Waals surface area contributed by atoms with Crippen molar-refractivity contribution >= 4 is 5.91 Å². The Morgan fingerprint density at radius 1 is 1.00 bits per heavy atom. The van der Waals surface area contributed by atoms with Crippen LogP contribution in [0.2, 0.25) is 0 Å². The molecule has 0 radical (unpaired) electrons. The summed E-state index contributed by atoms with van der Waals surface area (Å²) in [5.74, 6) is -1.67. The molecule has 0 fully saturated rings. The van der Waals surface area contributed by atoms with Gasteiger partial charge in [-0.3, -0.25) is 9.78 Å². The van der Waals surface area contributed by atoms with Crippen molar-refractivity contribution in [2.45, 2.75) is 31.3 Å². The van der Waals surface area contributed by atoms with E-state index in [9.17, 15) is 31.9 Å². The Labute approximate surface area is 206 Å². The zero-order valence-electron chi connectivity index (χ0n) is 18.7. The first-order chi connectivity index (χ1) is 17.6. The number of aliphatic hydroxyl groups is 1. The third kappa shape index (κ3) is 4.67. The monoisotopic (exact) mass is 516 g/mol. The van der Waals surface area contributed by atoms with Crippen molar-refractivity contribution in [3.8, 4) is 11.5 Å². The molecule has 1 aliphatic heterocycles.